The molecule has 91 heavy (non-hydrogen) atoms. The third-order valence-corrected chi connectivity index (χ3v) is 19.4. The van der Waals surface area contributed by atoms with Crippen LogP contribution in [0.4, 0.5) is 34.1 Å². The molecule has 6 heteroatoms. The van der Waals surface area contributed by atoms with Crippen molar-refractivity contribution >= 4 is 123 Å². The average molecular weight is 1160 g/mol. The molecule has 0 radical (unpaired) electrons. The van der Waals surface area contributed by atoms with Crippen molar-refractivity contribution in [3.05, 3.63) is 327 Å². The number of nitrogens with zero attached hydrogens (tertiary/aromatic N) is 5. The van der Waals surface area contributed by atoms with E-state index in [0.29, 0.717) is 0 Å². The number of aromatic nitrogens is 3. The van der Waals surface area contributed by atoms with Crippen molar-refractivity contribution < 1.29 is 0 Å². The van der Waals surface area contributed by atoms with Crippen molar-refractivity contribution in [3.8, 4) is 50.4 Å². The Morgan fingerprint density at radius 3 is 1.10 bits per heavy atom. The van der Waals surface area contributed by atoms with Crippen LogP contribution in [-0.2, 0) is 0 Å². The van der Waals surface area contributed by atoms with E-state index in [2.05, 4.69) is 352 Å². The van der Waals surface area contributed by atoms with E-state index in [-0.39, 0.29) is 6.71 Å². The van der Waals surface area contributed by atoms with Gasteiger partial charge in [-0.25, -0.2) is 0 Å². The monoisotopic (exact) mass is 1160 g/mol. The van der Waals surface area contributed by atoms with Crippen LogP contribution >= 0.6 is 0 Å². The van der Waals surface area contributed by atoms with Crippen molar-refractivity contribution in [3.63, 3.8) is 0 Å². The lowest BCUT2D eigenvalue weighted by atomic mass is 9.33. The Labute approximate surface area is 527 Å². The second-order valence-corrected chi connectivity index (χ2v) is 24.4. The van der Waals surface area contributed by atoms with E-state index in [4.69, 9.17) is 0 Å². The van der Waals surface area contributed by atoms with Crippen molar-refractivity contribution in [2.24, 2.45) is 0 Å². The lowest BCUT2D eigenvalue weighted by Gasteiger charge is -2.45. The minimum absolute atomic E-state index is 0.155. The number of benzene rings is 14. The van der Waals surface area contributed by atoms with Gasteiger partial charge in [-0.2, -0.15) is 0 Å². The molecule has 424 valence electrons. The highest BCUT2D eigenvalue weighted by atomic mass is 15.2. The fourth-order valence-electron chi connectivity index (χ4n) is 15.7. The molecular formula is C85H56BN5. The van der Waals surface area contributed by atoms with Crippen LogP contribution in [0, 0.1) is 6.92 Å². The van der Waals surface area contributed by atoms with E-state index in [9.17, 15) is 0 Å². The smallest absolute Gasteiger partial charge is 0.252 e. The Morgan fingerprint density at radius 2 is 0.615 bits per heavy atom. The molecule has 0 aliphatic carbocycles. The average Bonchev–Trinajstić information content (AvgIpc) is 1.15. The molecule has 5 heterocycles. The fraction of sp³-hybridized carbons (Fsp3) is 0.0118. The molecule has 0 saturated carbocycles. The molecule has 19 rings (SSSR count). The van der Waals surface area contributed by atoms with Gasteiger partial charge in [-0.15, -0.1) is 0 Å². The Balaban J connectivity index is 0.922. The standard InChI is InChI=1S/C85H56BN5/c1-55-51-82-84-83(52-55)90(72-39-17-9-30-61(72)57-27-6-3-7-28-57)81-54-59(87-73-40-18-10-31-63(73)64-32-11-19-41-74(64)87)48-50-70(81)86(84)69-49-47-58(53-80(69)89(82)71-38-16-8-29-60(71)56-25-4-2-5-26-56)62-37-24-46-79(88-75-42-20-12-33-65(75)66-34-13-21-43-76(66)88)85(62)91-77-44-22-14-35-67(77)68-36-15-23-45-78(68)91/h2-54H,1H3. The van der Waals surface area contributed by atoms with Gasteiger partial charge in [0.1, 0.15) is 0 Å². The van der Waals surface area contributed by atoms with Crippen molar-refractivity contribution in [1.82, 2.24) is 13.7 Å². The molecule has 2 aliphatic rings. The van der Waals surface area contributed by atoms with E-state index in [1.165, 1.54) is 82.1 Å². The predicted octanol–water partition coefficient (Wildman–Crippen LogP) is 20.4. The Hall–Kier alpha value is -11.9. The van der Waals surface area contributed by atoms with Crippen LogP contribution in [0.2, 0.25) is 0 Å². The lowest BCUT2D eigenvalue weighted by Crippen LogP contribution is -2.61. The Kier molecular flexibility index (Phi) is 11.3. The second kappa shape index (κ2) is 20.1. The molecule has 5 nitrogen and oxygen atoms in total. The number of rotatable bonds is 8. The normalized spacial score (nSPS) is 12.6. The number of hydrogen-bond donors (Lipinski definition) is 0. The van der Waals surface area contributed by atoms with E-state index < -0.39 is 0 Å². The highest BCUT2D eigenvalue weighted by Crippen LogP contribution is 2.51. The van der Waals surface area contributed by atoms with Crippen LogP contribution in [0.25, 0.3) is 116 Å². The van der Waals surface area contributed by atoms with Crippen LogP contribution in [0.3, 0.4) is 0 Å². The molecule has 0 bridgehead atoms. The molecule has 17 aromatic rings. The molecule has 0 unspecified atom stereocenters. The van der Waals surface area contributed by atoms with Crippen molar-refractivity contribution in [2.75, 3.05) is 9.80 Å². The maximum absolute atomic E-state index is 2.61. The minimum Gasteiger partial charge on any atom is -0.311 e. The minimum atomic E-state index is -0.155. The topological polar surface area (TPSA) is 21.3 Å². The van der Waals surface area contributed by atoms with Crippen LogP contribution in [0.1, 0.15) is 5.56 Å². The lowest BCUT2D eigenvalue weighted by molar-refractivity contribution is 1.10. The zero-order valence-electron chi connectivity index (χ0n) is 49.9. The van der Waals surface area contributed by atoms with Crippen LogP contribution in [0.15, 0.2) is 322 Å². The van der Waals surface area contributed by atoms with Crippen molar-refractivity contribution in [1.29, 1.82) is 0 Å². The van der Waals surface area contributed by atoms with Crippen LogP contribution in [-0.4, -0.2) is 20.4 Å². The summed E-state index contributed by atoms with van der Waals surface area (Å²) in [5.41, 5.74) is 29.0. The summed E-state index contributed by atoms with van der Waals surface area (Å²) in [6.07, 6.45) is 0. The summed E-state index contributed by atoms with van der Waals surface area (Å²) in [4.78, 5) is 5.20. The van der Waals surface area contributed by atoms with Crippen LogP contribution in [0.5, 0.6) is 0 Å². The SMILES string of the molecule is Cc1cc2c3c(c1)N(c1ccccc1-c1ccccc1)c1cc(-n4c5ccccc5c5ccccc54)ccc1B3c1ccc(-c3cccc(-n4c5ccccc5c5ccccc54)c3-n3c4ccccc4c4ccccc43)cc1N2c1ccccc1-c1ccccc1. The summed E-state index contributed by atoms with van der Waals surface area (Å²) in [6.45, 7) is 2.13. The maximum Gasteiger partial charge on any atom is 0.252 e. The van der Waals surface area contributed by atoms with Gasteiger partial charge in [0.15, 0.2) is 0 Å². The van der Waals surface area contributed by atoms with Gasteiger partial charge in [0.2, 0.25) is 0 Å². The molecule has 14 aromatic carbocycles. The fourth-order valence-corrected chi connectivity index (χ4v) is 15.7. The predicted molar refractivity (Wildman–Crippen MR) is 385 cm³/mol. The van der Waals surface area contributed by atoms with E-state index in [1.54, 1.807) is 0 Å². The number of para-hydroxylation sites is 9. The summed E-state index contributed by atoms with van der Waals surface area (Å²) in [5.74, 6) is 0. The summed E-state index contributed by atoms with van der Waals surface area (Å²) < 4.78 is 7.51. The van der Waals surface area contributed by atoms with Gasteiger partial charge in [0, 0.05) is 77.4 Å². The zero-order valence-corrected chi connectivity index (χ0v) is 49.9. The molecule has 0 saturated heterocycles. The number of anilines is 6. The van der Waals surface area contributed by atoms with Gasteiger partial charge in [-0.1, -0.05) is 237 Å². The highest BCUT2D eigenvalue weighted by molar-refractivity contribution is 7.00. The molecule has 2 aliphatic heterocycles. The van der Waals surface area contributed by atoms with Gasteiger partial charge >= 0.3 is 0 Å². The van der Waals surface area contributed by atoms with E-state index in [0.717, 1.165) is 89.8 Å². The molecule has 0 atom stereocenters. The third kappa shape index (κ3) is 7.60. The van der Waals surface area contributed by atoms with E-state index >= 15 is 0 Å². The van der Waals surface area contributed by atoms with Gasteiger partial charge in [0.05, 0.1) is 55.8 Å². The van der Waals surface area contributed by atoms with Gasteiger partial charge < -0.3 is 23.5 Å². The molecule has 0 fully saturated rings. The molecule has 0 spiro atoms. The number of hydrogen-bond acceptors (Lipinski definition) is 2. The number of fused-ring (bicyclic) bond motifs is 13. The molecule has 0 amide bonds. The molecule has 0 N–H and O–H groups in total. The zero-order chi connectivity index (χ0) is 59.8. The summed E-state index contributed by atoms with van der Waals surface area (Å²) in [7, 11) is 0. The first-order chi connectivity index (χ1) is 45.1. The Morgan fingerprint density at radius 1 is 0.242 bits per heavy atom. The van der Waals surface area contributed by atoms with Gasteiger partial charge in [-0.3, -0.25) is 0 Å². The largest absolute Gasteiger partial charge is 0.311 e. The van der Waals surface area contributed by atoms with Crippen LogP contribution < -0.4 is 26.2 Å². The quantitative estimate of drug-likeness (QED) is 0.141. The first-order valence-electron chi connectivity index (χ1n) is 31.5. The first kappa shape index (κ1) is 51.2. The highest BCUT2D eigenvalue weighted by Gasteiger charge is 2.45. The second-order valence-electron chi connectivity index (χ2n) is 24.4. The number of aryl methyl sites for hydroxylation is 1. The maximum atomic E-state index is 2.61. The molecule has 3 aromatic heterocycles. The van der Waals surface area contributed by atoms with E-state index in [1.807, 2.05) is 0 Å². The first-order valence-corrected chi connectivity index (χ1v) is 31.5. The summed E-state index contributed by atoms with van der Waals surface area (Å²) in [6, 6.07) is 120. The third-order valence-electron chi connectivity index (χ3n) is 19.4. The van der Waals surface area contributed by atoms with Crippen molar-refractivity contribution in [2.45, 2.75) is 6.92 Å². The van der Waals surface area contributed by atoms with Gasteiger partial charge in [0.25, 0.3) is 6.71 Å². The molecular weight excluding hydrogens is 1100 g/mol. The van der Waals surface area contributed by atoms with Gasteiger partial charge in [-0.05, 0) is 130 Å². The summed E-state index contributed by atoms with van der Waals surface area (Å²) in [5, 5.41) is 7.36. The summed E-state index contributed by atoms with van der Waals surface area (Å²) >= 11 is 0. The Bertz CT molecular complexity index is 5670.